The van der Waals surface area contributed by atoms with Gasteiger partial charge in [0.2, 0.25) is 0 Å². The van der Waals surface area contributed by atoms with Crippen LogP contribution in [0.5, 0.6) is 0 Å². The van der Waals surface area contributed by atoms with E-state index in [9.17, 15) is 9.59 Å². The number of benzene rings is 2. The van der Waals surface area contributed by atoms with Crippen LogP contribution in [0.15, 0.2) is 65.7 Å². The fourth-order valence-electron chi connectivity index (χ4n) is 2.94. The summed E-state index contributed by atoms with van der Waals surface area (Å²) >= 11 is 1.23. The number of hydrogen-bond acceptors (Lipinski definition) is 5. The van der Waals surface area contributed by atoms with E-state index in [0.29, 0.717) is 26.3 Å². The summed E-state index contributed by atoms with van der Waals surface area (Å²) in [5.74, 6) is -0.244. The molecule has 140 valence electrons. The summed E-state index contributed by atoms with van der Waals surface area (Å²) in [4.78, 5) is 30.4. The summed E-state index contributed by atoms with van der Waals surface area (Å²) in [6.07, 6.45) is 1.47. The smallest absolute Gasteiger partial charge is 0.266 e. The van der Waals surface area contributed by atoms with Gasteiger partial charge in [-0.05, 0) is 48.9 Å². The van der Waals surface area contributed by atoms with Gasteiger partial charge in [0.15, 0.2) is 0 Å². The Morgan fingerprint density at radius 2 is 1.64 bits per heavy atom. The molecular weight excluding hydrogens is 372 g/mol. The average Bonchev–Trinajstić information content (AvgIpc) is 3.04. The third-order valence-corrected chi connectivity index (χ3v) is 5.62. The van der Waals surface area contributed by atoms with Crippen LogP contribution in [0.2, 0.25) is 0 Å². The molecule has 4 aromatic rings. The van der Waals surface area contributed by atoms with Gasteiger partial charge < -0.3 is 15.2 Å². The minimum atomic E-state index is -0.244. The number of fused-ring (bicyclic) bond motifs is 1. The number of nitrogens with zero attached hydrogens (tertiary/aromatic N) is 2. The number of anilines is 3. The molecule has 0 aliphatic heterocycles. The molecule has 2 aromatic heterocycles. The van der Waals surface area contributed by atoms with Crippen LogP contribution in [0.4, 0.5) is 17.1 Å². The topological polar surface area (TPSA) is 76.0 Å². The quantitative estimate of drug-likeness (QED) is 0.545. The molecule has 0 saturated heterocycles. The highest BCUT2D eigenvalue weighted by atomic mass is 32.1. The highest BCUT2D eigenvalue weighted by Crippen LogP contribution is 2.28. The molecule has 0 atom stereocenters. The first kappa shape index (κ1) is 17.9. The van der Waals surface area contributed by atoms with Crippen LogP contribution in [-0.2, 0) is 7.05 Å². The Bertz CT molecular complexity index is 1210. The van der Waals surface area contributed by atoms with Gasteiger partial charge in [-0.2, -0.15) is 0 Å². The van der Waals surface area contributed by atoms with Gasteiger partial charge in [-0.15, -0.1) is 11.3 Å². The van der Waals surface area contributed by atoms with Gasteiger partial charge in [0.1, 0.15) is 4.83 Å². The van der Waals surface area contributed by atoms with Crippen molar-refractivity contribution in [1.29, 1.82) is 0 Å². The number of aromatic nitrogens is 2. The maximum Gasteiger partial charge on any atom is 0.266 e. The largest absolute Gasteiger partial charge is 0.356 e. The molecule has 0 aliphatic carbocycles. The highest BCUT2D eigenvalue weighted by Gasteiger charge is 2.19. The number of amides is 1. The number of nitrogens with one attached hydrogen (secondary N) is 2. The van der Waals surface area contributed by atoms with E-state index in [2.05, 4.69) is 15.6 Å². The number of aryl methyl sites for hydroxylation is 2. The third-order valence-electron chi connectivity index (χ3n) is 4.42. The van der Waals surface area contributed by atoms with Crippen molar-refractivity contribution in [2.45, 2.75) is 6.92 Å². The van der Waals surface area contributed by atoms with E-state index in [4.69, 9.17) is 0 Å². The summed E-state index contributed by atoms with van der Waals surface area (Å²) in [5.41, 5.74) is 3.12. The number of thiophene rings is 1. The zero-order valence-electron chi connectivity index (χ0n) is 15.4. The predicted octanol–water partition coefficient (Wildman–Crippen LogP) is 4.30. The molecule has 0 radical (unpaired) electrons. The second-order valence-corrected chi connectivity index (χ2v) is 7.42. The molecule has 0 unspecified atom stereocenters. The van der Waals surface area contributed by atoms with Crippen molar-refractivity contribution in [3.8, 4) is 0 Å². The lowest BCUT2D eigenvalue weighted by molar-refractivity contribution is 0.103. The molecule has 2 N–H and O–H groups in total. The SMILES string of the molecule is Cc1c(C(=O)Nc2ccc(Nc3ccccc3)cc2)sc2ncn(C)c(=O)c12. The van der Waals surface area contributed by atoms with Crippen LogP contribution in [0.3, 0.4) is 0 Å². The lowest BCUT2D eigenvalue weighted by Gasteiger charge is -2.08. The van der Waals surface area contributed by atoms with Gasteiger partial charge in [-0.1, -0.05) is 18.2 Å². The number of carbonyl (C=O) groups excluding carboxylic acids is 1. The van der Waals surface area contributed by atoms with E-state index in [-0.39, 0.29) is 11.5 Å². The van der Waals surface area contributed by atoms with Crippen molar-refractivity contribution in [2.75, 3.05) is 10.6 Å². The number of para-hydroxylation sites is 1. The maximum atomic E-state index is 12.7. The minimum Gasteiger partial charge on any atom is -0.356 e. The number of rotatable bonds is 4. The average molecular weight is 390 g/mol. The second kappa shape index (κ2) is 7.28. The molecule has 6 nitrogen and oxygen atoms in total. The maximum absolute atomic E-state index is 12.7. The highest BCUT2D eigenvalue weighted by molar-refractivity contribution is 7.20. The lowest BCUT2D eigenvalue weighted by atomic mass is 10.2. The van der Waals surface area contributed by atoms with Crippen LogP contribution < -0.4 is 16.2 Å². The fraction of sp³-hybridized carbons (Fsp3) is 0.0952. The fourth-order valence-corrected chi connectivity index (χ4v) is 3.97. The summed E-state index contributed by atoms with van der Waals surface area (Å²) in [6.45, 7) is 1.78. The molecular formula is C21H18N4O2S. The predicted molar refractivity (Wildman–Crippen MR) is 114 cm³/mol. The van der Waals surface area contributed by atoms with E-state index in [0.717, 1.165) is 11.4 Å². The molecule has 0 aliphatic rings. The Kier molecular flexibility index (Phi) is 4.67. The molecule has 4 rings (SSSR count). The van der Waals surface area contributed by atoms with Crippen LogP contribution >= 0.6 is 11.3 Å². The number of hydrogen-bond donors (Lipinski definition) is 2. The molecule has 0 bridgehead atoms. The first-order valence-corrected chi connectivity index (χ1v) is 9.53. The van der Waals surface area contributed by atoms with Gasteiger partial charge >= 0.3 is 0 Å². The normalized spacial score (nSPS) is 10.8. The summed E-state index contributed by atoms with van der Waals surface area (Å²) < 4.78 is 1.42. The van der Waals surface area contributed by atoms with Crippen LogP contribution in [0.25, 0.3) is 10.2 Å². The Hall–Kier alpha value is -3.45. The van der Waals surface area contributed by atoms with Crippen LogP contribution in [-0.4, -0.2) is 15.5 Å². The van der Waals surface area contributed by atoms with Crippen molar-refractivity contribution >= 4 is 44.5 Å². The summed E-state index contributed by atoms with van der Waals surface area (Å²) in [5, 5.41) is 6.69. The lowest BCUT2D eigenvalue weighted by Crippen LogP contribution is -2.17. The molecule has 2 heterocycles. The van der Waals surface area contributed by atoms with E-state index in [1.165, 1.54) is 22.2 Å². The van der Waals surface area contributed by atoms with Crippen LogP contribution in [0, 0.1) is 6.92 Å². The summed E-state index contributed by atoms with van der Waals surface area (Å²) in [7, 11) is 1.65. The zero-order valence-corrected chi connectivity index (χ0v) is 16.2. The van der Waals surface area contributed by atoms with Crippen molar-refractivity contribution in [1.82, 2.24) is 9.55 Å². The second-order valence-electron chi connectivity index (χ2n) is 6.42. The van der Waals surface area contributed by atoms with Crippen molar-refractivity contribution < 1.29 is 4.79 Å². The molecule has 0 saturated carbocycles. The third kappa shape index (κ3) is 3.39. The Balaban J connectivity index is 1.54. The van der Waals surface area contributed by atoms with Crippen molar-refractivity contribution in [3.05, 3.63) is 81.7 Å². The first-order valence-electron chi connectivity index (χ1n) is 8.71. The van der Waals surface area contributed by atoms with E-state index in [1.807, 2.05) is 54.6 Å². The monoisotopic (exact) mass is 390 g/mol. The Morgan fingerprint density at radius 1 is 1.00 bits per heavy atom. The van der Waals surface area contributed by atoms with E-state index >= 15 is 0 Å². The zero-order chi connectivity index (χ0) is 19.7. The van der Waals surface area contributed by atoms with Gasteiger partial charge in [-0.3, -0.25) is 9.59 Å². The molecule has 1 amide bonds. The Labute approximate surface area is 165 Å². The summed E-state index contributed by atoms with van der Waals surface area (Å²) in [6, 6.07) is 17.3. The van der Waals surface area contributed by atoms with Crippen molar-refractivity contribution in [2.24, 2.45) is 7.05 Å². The minimum absolute atomic E-state index is 0.144. The molecule has 2 aromatic carbocycles. The number of carbonyl (C=O) groups is 1. The molecule has 0 spiro atoms. The van der Waals surface area contributed by atoms with Crippen LogP contribution in [0.1, 0.15) is 15.2 Å². The molecule has 0 fully saturated rings. The molecule has 7 heteroatoms. The Morgan fingerprint density at radius 3 is 2.36 bits per heavy atom. The molecule has 28 heavy (non-hydrogen) atoms. The van der Waals surface area contributed by atoms with E-state index in [1.54, 1.807) is 14.0 Å². The van der Waals surface area contributed by atoms with Gasteiger partial charge in [0.05, 0.1) is 16.6 Å². The van der Waals surface area contributed by atoms with Gasteiger partial charge in [0.25, 0.3) is 11.5 Å². The van der Waals surface area contributed by atoms with Gasteiger partial charge in [0, 0.05) is 24.1 Å². The van der Waals surface area contributed by atoms with E-state index < -0.39 is 0 Å². The van der Waals surface area contributed by atoms with Crippen molar-refractivity contribution in [3.63, 3.8) is 0 Å². The standard InChI is InChI=1S/C21H18N4O2S/c1-13-17-20(22-12-25(2)21(17)27)28-18(13)19(26)24-16-10-8-15(9-11-16)23-14-6-4-3-5-7-14/h3-12,23H,1-2H3,(H,24,26). The van der Waals surface area contributed by atoms with Gasteiger partial charge in [-0.25, -0.2) is 4.98 Å². The first-order chi connectivity index (χ1) is 13.5.